The van der Waals surface area contributed by atoms with Gasteiger partial charge in [-0.15, -0.1) is 11.6 Å². The van der Waals surface area contributed by atoms with Gasteiger partial charge in [0.2, 0.25) is 0 Å². The summed E-state index contributed by atoms with van der Waals surface area (Å²) in [6.45, 7) is 3.88. The summed E-state index contributed by atoms with van der Waals surface area (Å²) < 4.78 is 5.28. The van der Waals surface area contributed by atoms with Crippen LogP contribution in [-0.2, 0) is 6.54 Å². The molecule has 16 heavy (non-hydrogen) atoms. The van der Waals surface area contributed by atoms with Crippen LogP contribution in [-0.4, -0.2) is 19.0 Å². The van der Waals surface area contributed by atoms with Gasteiger partial charge in [0.15, 0.2) is 0 Å². The zero-order chi connectivity index (χ0) is 11.8. The Morgan fingerprint density at radius 1 is 1.38 bits per heavy atom. The molecule has 90 valence electrons. The topological polar surface area (TPSA) is 21.3 Å². The fourth-order valence-electron chi connectivity index (χ4n) is 1.53. The zero-order valence-corrected chi connectivity index (χ0v) is 10.8. The van der Waals surface area contributed by atoms with E-state index in [0.29, 0.717) is 0 Å². The largest absolute Gasteiger partial charge is 0.496 e. The van der Waals surface area contributed by atoms with Crippen LogP contribution in [0.3, 0.4) is 0 Å². The lowest BCUT2D eigenvalue weighted by molar-refractivity contribution is 0.407. The fraction of sp³-hybridized carbons (Fsp3) is 0.538. The van der Waals surface area contributed by atoms with Crippen LogP contribution in [0.4, 0.5) is 0 Å². The maximum absolute atomic E-state index is 6.04. The quantitative estimate of drug-likeness (QED) is 0.585. The number of ether oxygens (including phenoxy) is 1. The minimum absolute atomic E-state index is 0.283. The third-order valence-corrected chi connectivity index (χ3v) is 3.11. The highest BCUT2D eigenvalue weighted by Crippen LogP contribution is 2.16. The second-order valence-electron chi connectivity index (χ2n) is 3.78. The summed E-state index contributed by atoms with van der Waals surface area (Å²) in [7, 11) is 1.70. The molecule has 1 unspecified atom stereocenters. The van der Waals surface area contributed by atoms with E-state index in [2.05, 4.69) is 18.3 Å². The van der Waals surface area contributed by atoms with Gasteiger partial charge < -0.3 is 10.1 Å². The zero-order valence-electron chi connectivity index (χ0n) is 10.0. The molecular formula is C13H20ClNO. The van der Waals surface area contributed by atoms with Gasteiger partial charge in [-0.1, -0.05) is 25.1 Å². The maximum atomic E-state index is 6.04. The average Bonchev–Trinajstić information content (AvgIpc) is 2.34. The number of hydrogen-bond donors (Lipinski definition) is 1. The predicted molar refractivity (Wildman–Crippen MR) is 69.2 cm³/mol. The molecule has 1 aromatic rings. The highest BCUT2D eigenvalue weighted by Gasteiger charge is 2.02. The van der Waals surface area contributed by atoms with Crippen LogP contribution in [0.5, 0.6) is 5.75 Å². The van der Waals surface area contributed by atoms with Gasteiger partial charge in [0.25, 0.3) is 0 Å². The maximum Gasteiger partial charge on any atom is 0.123 e. The van der Waals surface area contributed by atoms with E-state index >= 15 is 0 Å². The molecule has 1 atom stereocenters. The predicted octanol–water partition coefficient (Wildman–Crippen LogP) is 3.19. The van der Waals surface area contributed by atoms with Crippen molar-refractivity contribution in [3.63, 3.8) is 0 Å². The monoisotopic (exact) mass is 241 g/mol. The van der Waals surface area contributed by atoms with Crippen molar-refractivity contribution in [3.8, 4) is 5.75 Å². The molecule has 0 spiro atoms. The summed E-state index contributed by atoms with van der Waals surface area (Å²) in [5, 5.41) is 3.66. The van der Waals surface area contributed by atoms with Gasteiger partial charge >= 0.3 is 0 Å². The molecule has 0 aliphatic carbocycles. The molecule has 1 rings (SSSR count). The van der Waals surface area contributed by atoms with Gasteiger partial charge in [0.1, 0.15) is 5.75 Å². The second-order valence-corrected chi connectivity index (χ2v) is 4.40. The Morgan fingerprint density at radius 2 is 2.12 bits per heavy atom. The normalized spacial score (nSPS) is 12.4. The van der Waals surface area contributed by atoms with E-state index in [4.69, 9.17) is 16.3 Å². The van der Waals surface area contributed by atoms with E-state index in [1.165, 1.54) is 5.56 Å². The number of benzene rings is 1. The number of halogens is 1. The molecule has 0 aliphatic rings. The summed E-state index contributed by atoms with van der Waals surface area (Å²) in [6.07, 6.45) is 2.03. The lowest BCUT2D eigenvalue weighted by Crippen LogP contribution is -2.18. The number of alkyl halides is 1. The van der Waals surface area contributed by atoms with Crippen LogP contribution >= 0.6 is 11.6 Å². The number of hydrogen-bond acceptors (Lipinski definition) is 2. The summed E-state index contributed by atoms with van der Waals surface area (Å²) in [4.78, 5) is 0. The SMILES string of the molecule is CCC(Cl)CCNCc1ccccc1OC. The molecule has 3 heteroatoms. The van der Waals surface area contributed by atoms with Gasteiger partial charge in [-0.25, -0.2) is 0 Å². The van der Waals surface area contributed by atoms with Gasteiger partial charge in [-0.05, 0) is 25.5 Å². The summed E-state index contributed by atoms with van der Waals surface area (Å²) in [6, 6.07) is 8.06. The molecule has 1 aromatic carbocycles. The number of para-hydroxylation sites is 1. The molecule has 0 aromatic heterocycles. The number of methoxy groups -OCH3 is 1. The smallest absolute Gasteiger partial charge is 0.123 e. The molecule has 0 amide bonds. The van der Waals surface area contributed by atoms with Crippen molar-refractivity contribution in [1.82, 2.24) is 5.32 Å². The molecule has 0 heterocycles. The van der Waals surface area contributed by atoms with Crippen molar-refractivity contribution in [2.75, 3.05) is 13.7 Å². The Balaban J connectivity index is 2.31. The van der Waals surface area contributed by atoms with Gasteiger partial charge in [0.05, 0.1) is 7.11 Å². The van der Waals surface area contributed by atoms with Crippen molar-refractivity contribution in [2.45, 2.75) is 31.7 Å². The molecule has 0 saturated carbocycles. The van der Waals surface area contributed by atoms with E-state index in [1.54, 1.807) is 7.11 Å². The number of rotatable bonds is 7. The molecule has 0 bridgehead atoms. The van der Waals surface area contributed by atoms with Crippen molar-refractivity contribution in [2.24, 2.45) is 0 Å². The highest BCUT2D eigenvalue weighted by molar-refractivity contribution is 6.20. The lowest BCUT2D eigenvalue weighted by atomic mass is 10.2. The summed E-state index contributed by atoms with van der Waals surface area (Å²) in [5.74, 6) is 0.938. The van der Waals surface area contributed by atoms with E-state index in [1.807, 2.05) is 18.2 Å². The third kappa shape index (κ3) is 4.42. The molecule has 0 radical (unpaired) electrons. The Kier molecular flexibility index (Phi) is 6.27. The highest BCUT2D eigenvalue weighted by atomic mass is 35.5. The van der Waals surface area contributed by atoms with Crippen molar-refractivity contribution in [3.05, 3.63) is 29.8 Å². The van der Waals surface area contributed by atoms with Gasteiger partial charge in [-0.2, -0.15) is 0 Å². The Hall–Kier alpha value is -0.730. The third-order valence-electron chi connectivity index (χ3n) is 2.59. The van der Waals surface area contributed by atoms with Crippen LogP contribution in [0.15, 0.2) is 24.3 Å². The first-order valence-electron chi connectivity index (χ1n) is 5.74. The van der Waals surface area contributed by atoms with Crippen molar-refractivity contribution >= 4 is 11.6 Å². The second kappa shape index (κ2) is 7.53. The lowest BCUT2D eigenvalue weighted by Gasteiger charge is -2.10. The van der Waals surface area contributed by atoms with E-state index in [9.17, 15) is 0 Å². The van der Waals surface area contributed by atoms with Crippen LogP contribution in [0, 0.1) is 0 Å². The van der Waals surface area contributed by atoms with Crippen LogP contribution in [0.2, 0.25) is 0 Å². The van der Waals surface area contributed by atoms with Crippen molar-refractivity contribution in [1.29, 1.82) is 0 Å². The van der Waals surface area contributed by atoms with Crippen LogP contribution < -0.4 is 10.1 Å². The molecule has 1 N–H and O–H groups in total. The first-order valence-corrected chi connectivity index (χ1v) is 6.18. The first kappa shape index (κ1) is 13.3. The first-order chi connectivity index (χ1) is 7.77. The Morgan fingerprint density at radius 3 is 2.81 bits per heavy atom. The summed E-state index contributed by atoms with van der Waals surface area (Å²) >= 11 is 6.04. The van der Waals surface area contributed by atoms with Gasteiger partial charge in [0, 0.05) is 17.5 Å². The number of nitrogens with one attached hydrogen (secondary N) is 1. The standard InChI is InChI=1S/C13H20ClNO/c1-3-12(14)8-9-15-10-11-6-4-5-7-13(11)16-2/h4-7,12,15H,3,8-10H2,1-2H3. The minimum Gasteiger partial charge on any atom is -0.496 e. The van der Waals surface area contributed by atoms with Crippen LogP contribution in [0.1, 0.15) is 25.3 Å². The van der Waals surface area contributed by atoms with E-state index < -0.39 is 0 Å². The Bertz CT molecular complexity index is 304. The van der Waals surface area contributed by atoms with Gasteiger partial charge in [-0.3, -0.25) is 0 Å². The molecular weight excluding hydrogens is 222 g/mol. The average molecular weight is 242 g/mol. The van der Waals surface area contributed by atoms with Crippen molar-refractivity contribution < 1.29 is 4.74 Å². The molecule has 0 saturated heterocycles. The minimum atomic E-state index is 0.283. The molecule has 0 fully saturated rings. The summed E-state index contributed by atoms with van der Waals surface area (Å²) in [5.41, 5.74) is 1.19. The van der Waals surface area contributed by atoms with Crippen LogP contribution in [0.25, 0.3) is 0 Å². The molecule has 0 aliphatic heterocycles. The van der Waals surface area contributed by atoms with E-state index in [-0.39, 0.29) is 5.38 Å². The molecule has 2 nitrogen and oxygen atoms in total. The fourth-order valence-corrected chi connectivity index (χ4v) is 1.64. The van der Waals surface area contributed by atoms with E-state index in [0.717, 1.165) is 31.7 Å². The Labute approximate surface area is 103 Å².